The van der Waals surface area contributed by atoms with Crippen LogP contribution in [0.4, 0.5) is 9.59 Å². The fraction of sp³-hybridized carbons (Fsp3) is 0.515. The monoisotopic (exact) mass is 594 g/mol. The first-order valence-corrected chi connectivity index (χ1v) is 14.9. The quantitative estimate of drug-likeness (QED) is 0.330. The normalized spacial score (nSPS) is 13.9. The molecule has 2 aromatic rings. The van der Waals surface area contributed by atoms with Crippen LogP contribution in [-0.2, 0) is 19.1 Å². The summed E-state index contributed by atoms with van der Waals surface area (Å²) in [6, 6.07) is 13.9. The van der Waals surface area contributed by atoms with Gasteiger partial charge in [0.15, 0.2) is 6.10 Å². The summed E-state index contributed by atoms with van der Waals surface area (Å²) < 4.78 is 11.3. The lowest BCUT2D eigenvalue weighted by atomic mass is 10.0. The Balaban J connectivity index is 1.62. The standard InChI is InChI=1S/C33H46N4O6/c1-20(2)27(36-31(40)43-33(5,6)7)30(39)35-26(29(38)34-21(3)4)18-13-19-37(8)32(41)42-28-24-16-11-9-14-22(24)23-15-10-12-17-25(23)28/h9-12,14-17,20-21,26-28H,13,18-19H2,1-8H3,(H,34,38)(H,35,39)(H,36,40)/t26-,27-/m0/s1. The molecule has 0 fully saturated rings. The van der Waals surface area contributed by atoms with Crippen molar-refractivity contribution in [3.8, 4) is 11.1 Å². The van der Waals surface area contributed by atoms with Crippen LogP contribution >= 0.6 is 0 Å². The third-order valence-electron chi connectivity index (χ3n) is 6.98. The predicted molar refractivity (Wildman–Crippen MR) is 165 cm³/mol. The second kappa shape index (κ2) is 14.4. The molecule has 0 saturated carbocycles. The van der Waals surface area contributed by atoms with E-state index in [0.29, 0.717) is 13.0 Å². The number of rotatable bonds is 11. The highest BCUT2D eigenvalue weighted by atomic mass is 16.6. The van der Waals surface area contributed by atoms with Crippen LogP contribution in [0.3, 0.4) is 0 Å². The molecule has 2 atom stereocenters. The summed E-state index contributed by atoms with van der Waals surface area (Å²) in [7, 11) is 1.65. The highest BCUT2D eigenvalue weighted by Crippen LogP contribution is 2.45. The Hall–Kier alpha value is -4.08. The fourth-order valence-corrected chi connectivity index (χ4v) is 4.94. The molecule has 10 nitrogen and oxygen atoms in total. The van der Waals surface area contributed by atoms with E-state index in [0.717, 1.165) is 22.3 Å². The summed E-state index contributed by atoms with van der Waals surface area (Å²) in [4.78, 5) is 53.2. The van der Waals surface area contributed by atoms with E-state index in [1.54, 1.807) is 41.7 Å². The molecular weight excluding hydrogens is 548 g/mol. The van der Waals surface area contributed by atoms with Crippen molar-refractivity contribution in [2.24, 2.45) is 5.92 Å². The Kier molecular flexibility index (Phi) is 11.2. The number of hydrogen-bond donors (Lipinski definition) is 3. The van der Waals surface area contributed by atoms with Crippen molar-refractivity contribution in [2.75, 3.05) is 13.6 Å². The summed E-state index contributed by atoms with van der Waals surface area (Å²) in [5, 5.41) is 8.27. The van der Waals surface area contributed by atoms with Gasteiger partial charge in [-0.3, -0.25) is 9.59 Å². The van der Waals surface area contributed by atoms with Gasteiger partial charge in [0.25, 0.3) is 0 Å². The number of nitrogens with one attached hydrogen (secondary N) is 3. The topological polar surface area (TPSA) is 126 Å². The molecule has 3 rings (SSSR count). The lowest BCUT2D eigenvalue weighted by Gasteiger charge is -2.27. The molecule has 0 saturated heterocycles. The highest BCUT2D eigenvalue weighted by Gasteiger charge is 2.33. The second-order valence-corrected chi connectivity index (χ2v) is 12.6. The number of amides is 4. The average Bonchev–Trinajstić information content (AvgIpc) is 3.23. The van der Waals surface area contributed by atoms with Gasteiger partial charge in [-0.25, -0.2) is 9.59 Å². The largest absolute Gasteiger partial charge is 0.444 e. The van der Waals surface area contributed by atoms with Gasteiger partial charge in [-0.1, -0.05) is 62.4 Å². The maximum atomic E-state index is 13.2. The molecule has 10 heteroatoms. The van der Waals surface area contributed by atoms with Crippen LogP contribution < -0.4 is 16.0 Å². The number of fused-ring (bicyclic) bond motifs is 3. The zero-order valence-electron chi connectivity index (χ0n) is 26.5. The molecule has 234 valence electrons. The number of alkyl carbamates (subject to hydrolysis) is 1. The van der Waals surface area contributed by atoms with Gasteiger partial charge in [0.05, 0.1) is 0 Å². The van der Waals surface area contributed by atoms with Crippen LogP contribution in [0.5, 0.6) is 0 Å². The minimum absolute atomic E-state index is 0.137. The lowest BCUT2D eigenvalue weighted by Crippen LogP contribution is -2.56. The van der Waals surface area contributed by atoms with Crippen LogP contribution in [0.25, 0.3) is 11.1 Å². The van der Waals surface area contributed by atoms with Crippen LogP contribution in [0, 0.1) is 5.92 Å². The summed E-state index contributed by atoms with van der Waals surface area (Å²) >= 11 is 0. The van der Waals surface area contributed by atoms with E-state index in [2.05, 4.69) is 16.0 Å². The van der Waals surface area contributed by atoms with E-state index < -0.39 is 41.9 Å². The van der Waals surface area contributed by atoms with Gasteiger partial charge in [0.2, 0.25) is 11.8 Å². The minimum Gasteiger partial charge on any atom is -0.444 e. The van der Waals surface area contributed by atoms with E-state index in [4.69, 9.17) is 9.47 Å². The fourth-order valence-electron chi connectivity index (χ4n) is 4.94. The number of nitrogens with zero attached hydrogens (tertiary/aromatic N) is 1. The molecule has 2 aromatic carbocycles. The van der Waals surface area contributed by atoms with Gasteiger partial charge in [-0.05, 0) is 64.5 Å². The molecule has 0 bridgehead atoms. The smallest absolute Gasteiger partial charge is 0.410 e. The van der Waals surface area contributed by atoms with Crippen molar-refractivity contribution in [3.05, 3.63) is 59.7 Å². The Labute approximate surface area is 254 Å². The van der Waals surface area contributed by atoms with Crippen molar-refractivity contribution in [1.29, 1.82) is 0 Å². The Morgan fingerprint density at radius 3 is 1.91 bits per heavy atom. The van der Waals surface area contributed by atoms with Gasteiger partial charge >= 0.3 is 12.2 Å². The number of ether oxygens (including phenoxy) is 2. The van der Waals surface area contributed by atoms with E-state index in [1.165, 1.54) is 4.90 Å². The van der Waals surface area contributed by atoms with Crippen molar-refractivity contribution in [3.63, 3.8) is 0 Å². The lowest BCUT2D eigenvalue weighted by molar-refractivity contribution is -0.131. The molecule has 0 aromatic heterocycles. The molecule has 0 unspecified atom stereocenters. The van der Waals surface area contributed by atoms with Gasteiger partial charge in [0, 0.05) is 30.8 Å². The average molecular weight is 595 g/mol. The third kappa shape index (κ3) is 9.20. The van der Waals surface area contributed by atoms with E-state index in [9.17, 15) is 19.2 Å². The van der Waals surface area contributed by atoms with Crippen molar-refractivity contribution in [1.82, 2.24) is 20.9 Å². The van der Waals surface area contributed by atoms with Crippen LogP contribution in [0.15, 0.2) is 48.5 Å². The summed E-state index contributed by atoms with van der Waals surface area (Å²) in [6.07, 6.45) is -1.00. The van der Waals surface area contributed by atoms with Gasteiger partial charge < -0.3 is 30.3 Å². The van der Waals surface area contributed by atoms with Crippen molar-refractivity contribution < 1.29 is 28.7 Å². The number of hydrogen-bond acceptors (Lipinski definition) is 6. The van der Waals surface area contributed by atoms with Crippen LogP contribution in [-0.4, -0.2) is 66.2 Å². The Bertz CT molecular complexity index is 1260. The molecule has 4 amide bonds. The molecule has 1 aliphatic rings. The van der Waals surface area contributed by atoms with Crippen molar-refractivity contribution >= 4 is 24.0 Å². The molecule has 0 heterocycles. The van der Waals surface area contributed by atoms with Gasteiger partial charge in [0.1, 0.15) is 17.7 Å². The number of benzene rings is 2. The maximum Gasteiger partial charge on any atom is 0.410 e. The molecule has 0 aliphatic heterocycles. The maximum absolute atomic E-state index is 13.2. The first-order valence-electron chi connectivity index (χ1n) is 14.9. The van der Waals surface area contributed by atoms with Crippen LogP contribution in [0.1, 0.15) is 78.5 Å². The molecule has 3 N–H and O–H groups in total. The van der Waals surface area contributed by atoms with Crippen LogP contribution in [0.2, 0.25) is 0 Å². The summed E-state index contributed by atoms with van der Waals surface area (Å²) in [5.41, 5.74) is 3.26. The second-order valence-electron chi connectivity index (χ2n) is 12.6. The molecule has 0 spiro atoms. The Morgan fingerprint density at radius 2 is 1.40 bits per heavy atom. The molecule has 0 radical (unpaired) electrons. The van der Waals surface area contributed by atoms with Gasteiger partial charge in [-0.15, -0.1) is 0 Å². The van der Waals surface area contributed by atoms with Gasteiger partial charge in [-0.2, -0.15) is 0 Å². The van der Waals surface area contributed by atoms with Crippen molar-refractivity contribution in [2.45, 2.75) is 91.1 Å². The van der Waals surface area contributed by atoms with E-state index >= 15 is 0 Å². The number of carbonyl (C=O) groups is 4. The molecule has 43 heavy (non-hydrogen) atoms. The molecular formula is C33H46N4O6. The molecule has 1 aliphatic carbocycles. The SMILES string of the molecule is CC(C)NC(=O)[C@H](CCCN(C)C(=O)OC1c2ccccc2-c2ccccc21)NC(=O)[C@@H](NC(=O)OC(C)(C)C)C(C)C. The zero-order valence-corrected chi connectivity index (χ0v) is 26.5. The number of carbonyl (C=O) groups excluding carboxylic acids is 4. The zero-order chi connectivity index (χ0) is 31.9. The first kappa shape index (κ1) is 33.4. The summed E-state index contributed by atoms with van der Waals surface area (Å²) in [6.45, 7) is 12.8. The summed E-state index contributed by atoms with van der Waals surface area (Å²) in [5.74, 6) is -1.09. The third-order valence-corrected chi connectivity index (χ3v) is 6.98. The minimum atomic E-state index is -0.904. The highest BCUT2D eigenvalue weighted by molar-refractivity contribution is 5.91. The van der Waals surface area contributed by atoms with E-state index in [1.807, 2.05) is 62.4 Å². The predicted octanol–water partition coefficient (Wildman–Crippen LogP) is 5.16. The Morgan fingerprint density at radius 1 is 0.837 bits per heavy atom. The first-order chi connectivity index (χ1) is 20.2. The van der Waals surface area contributed by atoms with E-state index in [-0.39, 0.29) is 24.3 Å².